The molecule has 2 aliphatic rings. The number of piperidine rings is 1. The molecule has 0 spiro atoms. The lowest BCUT2D eigenvalue weighted by Crippen LogP contribution is -2.43. The van der Waals surface area contributed by atoms with Gasteiger partial charge in [0.1, 0.15) is 5.75 Å². The van der Waals surface area contributed by atoms with Gasteiger partial charge in [0.15, 0.2) is 5.69 Å². The molecule has 6 nitrogen and oxygen atoms in total. The zero-order chi connectivity index (χ0) is 23.0. The van der Waals surface area contributed by atoms with Crippen LogP contribution in [-0.2, 0) is 6.42 Å². The molecule has 1 N–H and O–H groups in total. The minimum absolute atomic E-state index is 0. The number of aryl methyl sites for hydroxylation is 1. The zero-order valence-electron chi connectivity index (χ0n) is 21.0. The number of carbonyl (C=O) groups is 1. The topological polar surface area (TPSA) is 67.4 Å². The van der Waals surface area contributed by atoms with Crippen LogP contribution < -0.4 is 10.1 Å². The predicted molar refractivity (Wildman–Crippen MR) is 146 cm³/mol. The van der Waals surface area contributed by atoms with Crippen LogP contribution in [0.3, 0.4) is 0 Å². The lowest BCUT2D eigenvalue weighted by molar-refractivity contribution is 0.0910. The van der Waals surface area contributed by atoms with Gasteiger partial charge in [-0.2, -0.15) is 5.10 Å². The van der Waals surface area contributed by atoms with Crippen LogP contribution >= 0.6 is 24.8 Å². The molecule has 35 heavy (non-hydrogen) atoms. The average molecular weight is 524 g/mol. The van der Waals surface area contributed by atoms with Crippen LogP contribution in [0.25, 0.3) is 11.1 Å². The molecule has 0 unspecified atom stereocenters. The minimum atomic E-state index is -0.127. The first kappa shape index (κ1) is 29.3. The second-order valence-corrected chi connectivity index (χ2v) is 9.65. The fourth-order valence-electron chi connectivity index (χ4n) is 4.81. The Morgan fingerprint density at radius 1 is 1.03 bits per heavy atom. The Morgan fingerprint density at radius 2 is 1.71 bits per heavy atom. The van der Waals surface area contributed by atoms with Crippen molar-refractivity contribution in [3.63, 3.8) is 0 Å². The van der Waals surface area contributed by atoms with Gasteiger partial charge >= 0.3 is 0 Å². The number of nitrogens with one attached hydrogen (secondary N) is 1. The third-order valence-electron chi connectivity index (χ3n) is 6.94. The van der Waals surface area contributed by atoms with Crippen molar-refractivity contribution in [1.29, 1.82) is 0 Å². The smallest absolute Gasteiger partial charge is 0.272 e. The van der Waals surface area contributed by atoms with E-state index >= 15 is 0 Å². The second kappa shape index (κ2) is 14.6. The van der Waals surface area contributed by atoms with Gasteiger partial charge in [-0.3, -0.25) is 4.79 Å². The van der Waals surface area contributed by atoms with Crippen LogP contribution in [0.4, 0.5) is 0 Å². The van der Waals surface area contributed by atoms with Crippen molar-refractivity contribution in [2.45, 2.75) is 83.3 Å². The molecule has 0 bridgehead atoms. The molecule has 2 fully saturated rings. The lowest BCUT2D eigenvalue weighted by Gasteiger charge is -2.29. The third kappa shape index (κ3) is 8.33. The normalized spacial score (nSPS) is 17.2. The summed E-state index contributed by atoms with van der Waals surface area (Å²) in [5.41, 5.74) is 3.40. The van der Waals surface area contributed by atoms with Gasteiger partial charge in [-0.15, -0.1) is 29.9 Å². The standard InChI is InChI=1S/C27H38N4O2.2ClH/c1-3-4-10-25-24(20-11-13-23(14-12-20)33-22-8-6-5-7-9-22)19-26(30-29-25)27(32)28-21-15-17-31(2)18-16-21;;/h11-14,19,21-22H,3-10,15-18H2,1-2H3,(H,28,32);2*1H. The van der Waals surface area contributed by atoms with E-state index in [9.17, 15) is 4.79 Å². The molecule has 1 aromatic heterocycles. The zero-order valence-corrected chi connectivity index (χ0v) is 22.6. The van der Waals surface area contributed by atoms with Gasteiger partial charge in [0.25, 0.3) is 5.91 Å². The lowest BCUT2D eigenvalue weighted by atomic mass is 9.97. The molecule has 1 aliphatic heterocycles. The van der Waals surface area contributed by atoms with Gasteiger partial charge in [-0.1, -0.05) is 31.9 Å². The Kier molecular flexibility index (Phi) is 12.3. The van der Waals surface area contributed by atoms with E-state index in [1.54, 1.807) is 0 Å². The van der Waals surface area contributed by atoms with Crippen LogP contribution in [0.5, 0.6) is 5.75 Å². The number of hydrogen-bond donors (Lipinski definition) is 1. The maximum Gasteiger partial charge on any atom is 0.272 e. The first-order valence-corrected chi connectivity index (χ1v) is 12.8. The summed E-state index contributed by atoms with van der Waals surface area (Å²) in [5.74, 6) is 0.792. The maximum atomic E-state index is 12.9. The number of halogens is 2. The molecule has 0 radical (unpaired) electrons. The number of nitrogens with zero attached hydrogens (tertiary/aromatic N) is 3. The van der Waals surface area contributed by atoms with Gasteiger partial charge in [0.2, 0.25) is 0 Å². The van der Waals surface area contributed by atoms with Gasteiger partial charge in [0.05, 0.1) is 11.8 Å². The molecule has 2 aromatic rings. The highest BCUT2D eigenvalue weighted by Gasteiger charge is 2.21. The molecule has 1 aliphatic carbocycles. The number of carbonyl (C=O) groups excluding carboxylic acids is 1. The van der Waals surface area contributed by atoms with Gasteiger partial charge in [-0.05, 0) is 95.3 Å². The van der Waals surface area contributed by atoms with Crippen LogP contribution in [-0.4, -0.2) is 53.3 Å². The first-order chi connectivity index (χ1) is 16.1. The number of hydrogen-bond acceptors (Lipinski definition) is 5. The van der Waals surface area contributed by atoms with Crippen molar-refractivity contribution < 1.29 is 9.53 Å². The molecule has 0 atom stereocenters. The van der Waals surface area contributed by atoms with E-state index in [0.29, 0.717) is 11.8 Å². The number of amides is 1. The largest absolute Gasteiger partial charge is 0.490 e. The van der Waals surface area contributed by atoms with Crippen LogP contribution in [0.1, 0.15) is 80.9 Å². The Bertz CT molecular complexity index is 912. The summed E-state index contributed by atoms with van der Waals surface area (Å²) in [6, 6.07) is 10.4. The fourth-order valence-corrected chi connectivity index (χ4v) is 4.81. The Hall–Kier alpha value is -1.89. The number of likely N-dealkylation sites (tertiary alicyclic amines) is 1. The Morgan fingerprint density at radius 3 is 2.37 bits per heavy atom. The average Bonchev–Trinajstić information content (AvgIpc) is 2.85. The van der Waals surface area contributed by atoms with Crippen molar-refractivity contribution >= 4 is 30.7 Å². The molecule has 8 heteroatoms. The van der Waals surface area contributed by atoms with E-state index in [0.717, 1.165) is 80.6 Å². The monoisotopic (exact) mass is 522 g/mol. The van der Waals surface area contributed by atoms with Crippen molar-refractivity contribution in [3.8, 4) is 16.9 Å². The highest BCUT2D eigenvalue weighted by Crippen LogP contribution is 2.28. The van der Waals surface area contributed by atoms with Crippen molar-refractivity contribution in [2.24, 2.45) is 0 Å². The third-order valence-corrected chi connectivity index (χ3v) is 6.94. The highest BCUT2D eigenvalue weighted by atomic mass is 35.5. The summed E-state index contributed by atoms with van der Waals surface area (Å²) in [5, 5.41) is 11.9. The predicted octanol–water partition coefficient (Wildman–Crippen LogP) is 5.87. The Balaban J connectivity index is 0.00000216. The van der Waals surface area contributed by atoms with E-state index in [-0.39, 0.29) is 36.8 Å². The van der Waals surface area contributed by atoms with Gasteiger partial charge < -0.3 is 15.0 Å². The summed E-state index contributed by atoms with van der Waals surface area (Å²) in [7, 11) is 2.12. The maximum absolute atomic E-state index is 12.9. The van der Waals surface area contributed by atoms with Crippen LogP contribution in [0.15, 0.2) is 30.3 Å². The summed E-state index contributed by atoms with van der Waals surface area (Å²) >= 11 is 0. The second-order valence-electron chi connectivity index (χ2n) is 9.65. The first-order valence-electron chi connectivity index (χ1n) is 12.8. The van der Waals surface area contributed by atoms with E-state index in [1.165, 1.54) is 19.3 Å². The summed E-state index contributed by atoms with van der Waals surface area (Å²) in [4.78, 5) is 15.2. The SMILES string of the molecule is CCCCc1nnc(C(=O)NC2CCN(C)CC2)cc1-c1ccc(OC2CCCCC2)cc1.Cl.Cl. The van der Waals surface area contributed by atoms with Crippen LogP contribution in [0, 0.1) is 0 Å². The number of benzene rings is 1. The summed E-state index contributed by atoms with van der Waals surface area (Å²) < 4.78 is 6.20. The molecular weight excluding hydrogens is 483 g/mol. The quantitative estimate of drug-likeness (QED) is 0.469. The van der Waals surface area contributed by atoms with E-state index in [2.05, 4.69) is 46.5 Å². The Labute approximate surface area is 222 Å². The number of aromatic nitrogens is 2. The molecule has 194 valence electrons. The molecule has 2 heterocycles. The van der Waals surface area contributed by atoms with Gasteiger partial charge in [0, 0.05) is 11.6 Å². The number of unbranched alkanes of at least 4 members (excludes halogenated alkanes) is 1. The van der Waals surface area contributed by atoms with Gasteiger partial charge in [-0.25, -0.2) is 0 Å². The van der Waals surface area contributed by atoms with Crippen LogP contribution in [0.2, 0.25) is 0 Å². The minimum Gasteiger partial charge on any atom is -0.490 e. The summed E-state index contributed by atoms with van der Waals surface area (Å²) in [6.07, 6.45) is 11.4. The molecule has 1 amide bonds. The van der Waals surface area contributed by atoms with E-state index in [1.807, 2.05) is 18.2 Å². The molecule has 1 saturated carbocycles. The fraction of sp³-hybridized carbons (Fsp3) is 0.593. The molecule has 1 aromatic carbocycles. The van der Waals surface area contributed by atoms with E-state index in [4.69, 9.17) is 4.74 Å². The molecule has 1 saturated heterocycles. The summed E-state index contributed by atoms with van der Waals surface area (Å²) in [6.45, 7) is 4.19. The number of rotatable bonds is 8. The molecular formula is C27H40Cl2N4O2. The van der Waals surface area contributed by atoms with Crippen molar-refractivity contribution in [1.82, 2.24) is 20.4 Å². The van der Waals surface area contributed by atoms with Crippen molar-refractivity contribution in [2.75, 3.05) is 20.1 Å². The highest BCUT2D eigenvalue weighted by molar-refractivity contribution is 5.93. The number of ether oxygens (including phenoxy) is 1. The van der Waals surface area contributed by atoms with E-state index < -0.39 is 0 Å². The molecule has 4 rings (SSSR count). The van der Waals surface area contributed by atoms with Crippen molar-refractivity contribution in [3.05, 3.63) is 41.7 Å².